The van der Waals surface area contributed by atoms with E-state index in [0.717, 1.165) is 10.9 Å². The molecule has 3 aromatic heterocycles. The number of aromatic nitrogens is 6. The Kier molecular flexibility index (Phi) is 7.66. The van der Waals surface area contributed by atoms with Crippen LogP contribution < -0.4 is 4.74 Å². The lowest BCUT2D eigenvalue weighted by Gasteiger charge is -2.28. The molecule has 0 fully saturated rings. The number of hydrogen-bond donors (Lipinski definition) is 1. The number of carbonyl (C=O) groups is 1. The highest BCUT2D eigenvalue weighted by atomic mass is 32.1. The largest absolute Gasteiger partial charge is 0.487 e. The number of hydrogen-bond acceptors (Lipinski definition) is 8. The summed E-state index contributed by atoms with van der Waals surface area (Å²) < 4.78 is 36.6. The first-order chi connectivity index (χ1) is 18.9. The summed E-state index contributed by atoms with van der Waals surface area (Å²) in [5.41, 5.74) is -0.970. The van der Waals surface area contributed by atoms with E-state index in [1.807, 2.05) is 17.5 Å². The Morgan fingerprint density at radius 1 is 1.10 bits per heavy atom. The lowest BCUT2D eigenvalue weighted by Crippen LogP contribution is -2.37. The van der Waals surface area contributed by atoms with Crippen LogP contribution in [0.4, 0.5) is 8.78 Å². The predicted octanol–water partition coefficient (Wildman–Crippen LogP) is 4.27. The number of ketones is 1. The standard InChI is InChI=1S/C27H22F2N6O3S/c28-20-5-9-24(25(29)12-20)27(37,16-35-18-30-17-31-35)15-34-13-21(32-33-34)14-38-22-6-3-19(4-7-22)26(36)10-8-23-2-1-11-39-23/h1-13,17-18,37H,14-16H2. The molecule has 9 nitrogen and oxygen atoms in total. The zero-order valence-corrected chi connectivity index (χ0v) is 21.2. The van der Waals surface area contributed by atoms with E-state index >= 15 is 0 Å². The third-order valence-electron chi connectivity index (χ3n) is 5.80. The number of allylic oxidation sites excluding steroid dienone is 1. The predicted molar refractivity (Wildman–Crippen MR) is 139 cm³/mol. The van der Waals surface area contributed by atoms with Gasteiger partial charge in [0.1, 0.15) is 47.9 Å². The number of carbonyl (C=O) groups excluding carboxylic acids is 1. The second-order valence-corrected chi connectivity index (χ2v) is 9.66. The first kappa shape index (κ1) is 26.1. The van der Waals surface area contributed by atoms with Crippen molar-refractivity contribution in [2.24, 2.45) is 0 Å². The third kappa shape index (κ3) is 6.48. The minimum atomic E-state index is -1.84. The van der Waals surface area contributed by atoms with Crippen LogP contribution >= 0.6 is 11.3 Å². The van der Waals surface area contributed by atoms with Gasteiger partial charge in [-0.05, 0) is 53.9 Å². The van der Waals surface area contributed by atoms with Crippen molar-refractivity contribution in [3.05, 3.63) is 118 Å². The molecule has 198 valence electrons. The molecule has 1 N–H and O–H groups in total. The van der Waals surface area contributed by atoms with Crippen molar-refractivity contribution in [3.8, 4) is 5.75 Å². The number of aliphatic hydroxyl groups is 1. The summed E-state index contributed by atoms with van der Waals surface area (Å²) in [5.74, 6) is -1.25. The molecule has 12 heteroatoms. The van der Waals surface area contributed by atoms with E-state index in [9.17, 15) is 18.7 Å². The second-order valence-electron chi connectivity index (χ2n) is 8.68. The van der Waals surface area contributed by atoms with Crippen LogP contribution in [0.5, 0.6) is 5.75 Å². The SMILES string of the molecule is O=C(C=Cc1cccs1)c1ccc(OCc2cn(CC(O)(Cn3cncn3)c3ccc(F)cc3F)nn2)cc1. The first-order valence-corrected chi connectivity index (χ1v) is 12.6. The maximum atomic E-state index is 14.6. The van der Waals surface area contributed by atoms with Gasteiger partial charge in [-0.3, -0.25) is 4.79 Å². The van der Waals surface area contributed by atoms with Crippen LogP contribution in [0.3, 0.4) is 0 Å². The van der Waals surface area contributed by atoms with Crippen molar-refractivity contribution < 1.29 is 23.4 Å². The zero-order chi connectivity index (χ0) is 27.2. The molecule has 0 saturated carbocycles. The fourth-order valence-electron chi connectivity index (χ4n) is 3.93. The van der Waals surface area contributed by atoms with E-state index in [0.29, 0.717) is 23.1 Å². The van der Waals surface area contributed by atoms with E-state index < -0.39 is 17.2 Å². The Morgan fingerprint density at radius 3 is 2.64 bits per heavy atom. The van der Waals surface area contributed by atoms with Crippen LogP contribution in [0.1, 0.15) is 26.5 Å². The molecule has 39 heavy (non-hydrogen) atoms. The molecular weight excluding hydrogens is 526 g/mol. The maximum Gasteiger partial charge on any atom is 0.185 e. The van der Waals surface area contributed by atoms with E-state index in [1.54, 1.807) is 47.9 Å². The van der Waals surface area contributed by atoms with Crippen LogP contribution in [-0.4, -0.2) is 40.6 Å². The number of ether oxygens (including phenoxy) is 1. The normalized spacial score (nSPS) is 13.0. The molecular formula is C27H22F2N6O3S. The molecule has 3 heterocycles. The Hall–Kier alpha value is -4.55. The highest BCUT2D eigenvalue weighted by Crippen LogP contribution is 2.28. The topological polar surface area (TPSA) is 108 Å². The highest BCUT2D eigenvalue weighted by Gasteiger charge is 2.34. The molecule has 0 aliphatic heterocycles. The van der Waals surface area contributed by atoms with Gasteiger partial charge < -0.3 is 9.84 Å². The van der Waals surface area contributed by atoms with Gasteiger partial charge in [-0.25, -0.2) is 23.1 Å². The number of rotatable bonds is 11. The summed E-state index contributed by atoms with van der Waals surface area (Å²) in [5, 5.41) is 25.5. The molecule has 0 saturated heterocycles. The van der Waals surface area contributed by atoms with Crippen LogP contribution in [0.15, 0.2) is 84.9 Å². The van der Waals surface area contributed by atoms with Crippen molar-refractivity contribution in [3.63, 3.8) is 0 Å². The Labute approximate surface area is 225 Å². The van der Waals surface area contributed by atoms with Crippen LogP contribution in [-0.2, 0) is 25.3 Å². The minimum Gasteiger partial charge on any atom is -0.487 e. The lowest BCUT2D eigenvalue weighted by molar-refractivity contribution is -0.00892. The van der Waals surface area contributed by atoms with Crippen molar-refractivity contribution >= 4 is 23.2 Å². The Bertz CT molecular complexity index is 1570. The molecule has 0 aliphatic carbocycles. The molecule has 0 radical (unpaired) electrons. The van der Waals surface area contributed by atoms with Crippen molar-refractivity contribution in [2.75, 3.05) is 0 Å². The third-order valence-corrected chi connectivity index (χ3v) is 6.64. The first-order valence-electron chi connectivity index (χ1n) is 11.8. The number of benzene rings is 2. The summed E-state index contributed by atoms with van der Waals surface area (Å²) in [6.07, 6.45) is 7.53. The summed E-state index contributed by atoms with van der Waals surface area (Å²) >= 11 is 1.55. The van der Waals surface area contributed by atoms with Crippen molar-refractivity contribution in [1.82, 2.24) is 29.8 Å². The molecule has 5 aromatic rings. The average Bonchev–Trinajstić information content (AvgIpc) is 3.70. The fraction of sp³-hybridized carbons (Fsp3) is 0.148. The molecule has 0 bridgehead atoms. The van der Waals surface area contributed by atoms with Gasteiger partial charge in [0.05, 0.1) is 19.3 Å². The Balaban J connectivity index is 1.24. The molecule has 0 spiro atoms. The van der Waals surface area contributed by atoms with Crippen LogP contribution in [0.25, 0.3) is 6.08 Å². The number of nitrogens with zero attached hydrogens (tertiary/aromatic N) is 6. The van der Waals surface area contributed by atoms with Gasteiger partial charge >= 0.3 is 0 Å². The van der Waals surface area contributed by atoms with E-state index in [2.05, 4.69) is 20.4 Å². The molecule has 1 atom stereocenters. The monoisotopic (exact) mass is 548 g/mol. The summed E-state index contributed by atoms with van der Waals surface area (Å²) in [7, 11) is 0. The lowest BCUT2D eigenvalue weighted by atomic mass is 9.93. The van der Waals surface area contributed by atoms with Gasteiger partial charge in [0.2, 0.25) is 0 Å². The van der Waals surface area contributed by atoms with Gasteiger partial charge in [-0.15, -0.1) is 16.4 Å². The molecule has 0 aliphatic rings. The van der Waals surface area contributed by atoms with Crippen molar-refractivity contribution in [1.29, 1.82) is 0 Å². The molecule has 0 amide bonds. The maximum absolute atomic E-state index is 14.6. The van der Waals surface area contributed by atoms with Gasteiger partial charge in [0.15, 0.2) is 5.78 Å². The van der Waals surface area contributed by atoms with Crippen molar-refractivity contribution in [2.45, 2.75) is 25.3 Å². The summed E-state index contributed by atoms with van der Waals surface area (Å²) in [4.78, 5) is 17.2. The highest BCUT2D eigenvalue weighted by molar-refractivity contribution is 7.10. The summed E-state index contributed by atoms with van der Waals surface area (Å²) in [6.45, 7) is -0.287. The molecule has 1 unspecified atom stereocenters. The fourth-order valence-corrected chi connectivity index (χ4v) is 4.55. The minimum absolute atomic E-state index is 0.0674. The van der Waals surface area contributed by atoms with E-state index in [-0.39, 0.29) is 31.0 Å². The smallest absolute Gasteiger partial charge is 0.185 e. The molecule has 2 aromatic carbocycles. The number of thiophene rings is 1. The zero-order valence-electron chi connectivity index (χ0n) is 20.4. The molecule has 5 rings (SSSR count). The Morgan fingerprint density at radius 2 is 1.92 bits per heavy atom. The van der Waals surface area contributed by atoms with Gasteiger partial charge in [0, 0.05) is 22.1 Å². The van der Waals surface area contributed by atoms with E-state index in [1.165, 1.54) is 34.2 Å². The van der Waals surface area contributed by atoms with Gasteiger partial charge in [0.25, 0.3) is 0 Å². The summed E-state index contributed by atoms with van der Waals surface area (Å²) in [6, 6.07) is 13.5. The average molecular weight is 549 g/mol. The van der Waals surface area contributed by atoms with Crippen LogP contribution in [0.2, 0.25) is 0 Å². The second kappa shape index (κ2) is 11.5. The van der Waals surface area contributed by atoms with Gasteiger partial charge in [-0.2, -0.15) is 5.10 Å². The quantitative estimate of drug-likeness (QED) is 0.194. The van der Waals surface area contributed by atoms with Crippen LogP contribution in [0, 0.1) is 11.6 Å². The van der Waals surface area contributed by atoms with E-state index in [4.69, 9.17) is 4.74 Å². The van der Waals surface area contributed by atoms with Gasteiger partial charge in [-0.1, -0.05) is 17.3 Å². The number of halogens is 2.